The summed E-state index contributed by atoms with van der Waals surface area (Å²) in [7, 11) is 0. The van der Waals surface area contributed by atoms with E-state index in [0.29, 0.717) is 27.6 Å². The molecule has 0 radical (unpaired) electrons. The van der Waals surface area contributed by atoms with E-state index in [-0.39, 0.29) is 0 Å². The van der Waals surface area contributed by atoms with Gasteiger partial charge in [-0.3, -0.25) is 4.57 Å². The molecule has 0 bridgehead atoms. The standard InChI is InChI=1S/C23H18Cl3N5S/c1-12-13(2)32-22-20(12)21(16-5-7-17(24)8-6-16)29-30(23-28-27-14(3)31(22)23)11-15-4-9-18(25)19(26)10-15/h4-10H,11H2,1-3H3. The fraction of sp³-hybridized carbons (Fsp3) is 0.174. The van der Waals surface area contributed by atoms with Crippen molar-refractivity contribution in [1.29, 1.82) is 0 Å². The van der Waals surface area contributed by atoms with Gasteiger partial charge >= 0.3 is 0 Å². The SMILES string of the molecule is Cc1sc2c(c1C)C(c1ccc(Cl)cc1)=NN(Cc1ccc(Cl)c(Cl)c1)c1nnc(C)n1-2. The van der Waals surface area contributed by atoms with Crippen LogP contribution in [-0.4, -0.2) is 20.5 Å². The van der Waals surface area contributed by atoms with Crippen LogP contribution in [0.2, 0.25) is 15.1 Å². The van der Waals surface area contributed by atoms with Crippen LogP contribution in [0.1, 0.15) is 33.0 Å². The zero-order valence-corrected chi connectivity index (χ0v) is 20.6. The van der Waals surface area contributed by atoms with E-state index in [2.05, 4.69) is 28.6 Å². The van der Waals surface area contributed by atoms with Gasteiger partial charge in [-0.1, -0.05) is 53.0 Å². The highest BCUT2D eigenvalue weighted by Gasteiger charge is 2.30. The lowest BCUT2D eigenvalue weighted by atomic mass is 10.00. The van der Waals surface area contributed by atoms with Crippen LogP contribution in [0.3, 0.4) is 0 Å². The lowest BCUT2D eigenvalue weighted by Gasteiger charge is -2.18. The molecule has 0 aliphatic carbocycles. The zero-order valence-electron chi connectivity index (χ0n) is 17.5. The number of thiophene rings is 1. The van der Waals surface area contributed by atoms with E-state index < -0.39 is 0 Å². The van der Waals surface area contributed by atoms with Gasteiger partial charge in [0.2, 0.25) is 0 Å². The van der Waals surface area contributed by atoms with Gasteiger partial charge in [0.15, 0.2) is 0 Å². The average molecular weight is 503 g/mol. The van der Waals surface area contributed by atoms with Crippen LogP contribution < -0.4 is 5.01 Å². The molecule has 3 heterocycles. The summed E-state index contributed by atoms with van der Waals surface area (Å²) in [5.74, 6) is 1.45. The minimum absolute atomic E-state index is 0.457. The molecule has 4 aromatic rings. The first-order chi connectivity index (χ1) is 15.3. The van der Waals surface area contributed by atoms with Crippen LogP contribution in [0.5, 0.6) is 0 Å². The van der Waals surface area contributed by atoms with Crippen molar-refractivity contribution in [2.45, 2.75) is 27.3 Å². The first-order valence-corrected chi connectivity index (χ1v) is 11.9. The molecule has 0 amide bonds. The smallest absolute Gasteiger partial charge is 0.253 e. The minimum atomic E-state index is 0.457. The molecule has 0 fully saturated rings. The molecule has 1 aliphatic heterocycles. The molecular formula is C23H18Cl3N5S. The fourth-order valence-corrected chi connectivity index (χ4v) is 5.39. The highest BCUT2D eigenvalue weighted by molar-refractivity contribution is 7.15. The van der Waals surface area contributed by atoms with Gasteiger partial charge in [-0.15, -0.1) is 21.5 Å². The quantitative estimate of drug-likeness (QED) is 0.303. The second kappa shape index (κ2) is 8.19. The average Bonchev–Trinajstić information content (AvgIpc) is 3.24. The maximum atomic E-state index is 6.27. The number of aromatic nitrogens is 3. The summed E-state index contributed by atoms with van der Waals surface area (Å²) in [5, 5.41) is 18.6. The zero-order chi connectivity index (χ0) is 22.6. The number of hydrazone groups is 1. The molecule has 9 heteroatoms. The number of aryl methyl sites for hydroxylation is 2. The Hall–Kier alpha value is -2.38. The largest absolute Gasteiger partial charge is 0.254 e. The Morgan fingerprint density at radius 1 is 0.906 bits per heavy atom. The summed E-state index contributed by atoms with van der Waals surface area (Å²) in [4.78, 5) is 1.23. The summed E-state index contributed by atoms with van der Waals surface area (Å²) < 4.78 is 2.07. The Morgan fingerprint density at radius 2 is 1.66 bits per heavy atom. The summed E-state index contributed by atoms with van der Waals surface area (Å²) in [6.45, 7) is 6.67. The van der Waals surface area contributed by atoms with Gasteiger partial charge in [-0.25, -0.2) is 5.01 Å². The Labute approximate surface area is 204 Å². The number of fused-ring (bicyclic) bond motifs is 3. The van der Waals surface area contributed by atoms with Gasteiger partial charge in [0.1, 0.15) is 16.5 Å². The Bertz CT molecular complexity index is 1370. The van der Waals surface area contributed by atoms with Crippen LogP contribution >= 0.6 is 46.1 Å². The molecule has 0 spiro atoms. The van der Waals surface area contributed by atoms with Gasteiger partial charge in [0.05, 0.1) is 16.6 Å². The van der Waals surface area contributed by atoms with E-state index in [1.165, 1.54) is 10.4 Å². The third kappa shape index (κ3) is 3.61. The number of hydrogen-bond donors (Lipinski definition) is 0. The predicted molar refractivity (Wildman–Crippen MR) is 133 cm³/mol. The van der Waals surface area contributed by atoms with Crippen molar-refractivity contribution >= 4 is 57.8 Å². The topological polar surface area (TPSA) is 46.3 Å². The third-order valence-electron chi connectivity index (χ3n) is 5.50. The van der Waals surface area contributed by atoms with Crippen molar-refractivity contribution in [2.24, 2.45) is 5.10 Å². The number of hydrogen-bond acceptors (Lipinski definition) is 5. The molecule has 0 N–H and O–H groups in total. The summed E-state index contributed by atoms with van der Waals surface area (Å²) in [6.07, 6.45) is 0. The predicted octanol–water partition coefficient (Wildman–Crippen LogP) is 6.99. The monoisotopic (exact) mass is 501 g/mol. The molecule has 0 saturated heterocycles. The second-order valence-electron chi connectivity index (χ2n) is 7.61. The Morgan fingerprint density at radius 3 is 2.38 bits per heavy atom. The maximum Gasteiger partial charge on any atom is 0.253 e. The van der Waals surface area contributed by atoms with Gasteiger partial charge in [0, 0.05) is 21.0 Å². The Kier molecular flexibility index (Phi) is 5.50. The molecule has 5 rings (SSSR count). The van der Waals surface area contributed by atoms with Crippen LogP contribution in [-0.2, 0) is 6.54 Å². The molecule has 5 nitrogen and oxygen atoms in total. The van der Waals surface area contributed by atoms with Gasteiger partial charge < -0.3 is 0 Å². The summed E-state index contributed by atoms with van der Waals surface area (Å²) in [5.41, 5.74) is 5.07. The summed E-state index contributed by atoms with van der Waals surface area (Å²) in [6, 6.07) is 13.3. The van der Waals surface area contributed by atoms with Crippen molar-refractivity contribution < 1.29 is 0 Å². The van der Waals surface area contributed by atoms with E-state index in [9.17, 15) is 0 Å². The van der Waals surface area contributed by atoms with Gasteiger partial charge in [-0.2, -0.15) is 5.10 Å². The second-order valence-corrected chi connectivity index (χ2v) is 10.1. The van der Waals surface area contributed by atoms with E-state index in [1.54, 1.807) is 17.4 Å². The van der Waals surface area contributed by atoms with Crippen LogP contribution in [0.25, 0.3) is 5.00 Å². The van der Waals surface area contributed by atoms with Crippen molar-refractivity contribution in [1.82, 2.24) is 14.8 Å². The molecule has 0 saturated carbocycles. The van der Waals surface area contributed by atoms with E-state index in [1.807, 2.05) is 48.3 Å². The van der Waals surface area contributed by atoms with Crippen molar-refractivity contribution in [3.05, 3.63) is 90.5 Å². The van der Waals surface area contributed by atoms with Crippen LogP contribution in [0.15, 0.2) is 47.6 Å². The van der Waals surface area contributed by atoms with Crippen molar-refractivity contribution in [3.8, 4) is 5.00 Å². The first-order valence-electron chi connectivity index (χ1n) is 9.92. The van der Waals surface area contributed by atoms with Crippen LogP contribution in [0.4, 0.5) is 5.95 Å². The van der Waals surface area contributed by atoms with E-state index >= 15 is 0 Å². The number of halogens is 3. The van der Waals surface area contributed by atoms with Crippen molar-refractivity contribution in [3.63, 3.8) is 0 Å². The molecule has 32 heavy (non-hydrogen) atoms. The lowest BCUT2D eigenvalue weighted by Crippen LogP contribution is -2.20. The third-order valence-corrected chi connectivity index (χ3v) is 7.68. The lowest BCUT2D eigenvalue weighted by molar-refractivity contribution is 0.798. The highest BCUT2D eigenvalue weighted by Crippen LogP contribution is 2.39. The van der Waals surface area contributed by atoms with E-state index in [0.717, 1.165) is 33.2 Å². The van der Waals surface area contributed by atoms with Gasteiger partial charge in [0.25, 0.3) is 5.95 Å². The molecule has 0 atom stereocenters. The van der Waals surface area contributed by atoms with Gasteiger partial charge in [-0.05, 0) is 56.2 Å². The highest BCUT2D eigenvalue weighted by atomic mass is 35.5. The Balaban J connectivity index is 1.74. The number of rotatable bonds is 3. The molecule has 162 valence electrons. The van der Waals surface area contributed by atoms with Crippen molar-refractivity contribution in [2.75, 3.05) is 5.01 Å². The molecular weight excluding hydrogens is 485 g/mol. The number of anilines is 1. The molecule has 2 aromatic carbocycles. The van der Waals surface area contributed by atoms with E-state index in [4.69, 9.17) is 39.9 Å². The first kappa shape index (κ1) is 21.5. The molecule has 1 aliphatic rings. The number of benzene rings is 2. The maximum absolute atomic E-state index is 6.27. The normalized spacial score (nSPS) is 12.9. The number of nitrogens with zero attached hydrogens (tertiary/aromatic N) is 5. The van der Waals surface area contributed by atoms with Crippen LogP contribution in [0, 0.1) is 20.8 Å². The molecule has 2 aromatic heterocycles. The fourth-order valence-electron chi connectivity index (χ4n) is 3.74. The minimum Gasteiger partial charge on any atom is -0.254 e. The molecule has 0 unspecified atom stereocenters. The summed E-state index contributed by atoms with van der Waals surface area (Å²) >= 11 is 20.3.